The molecule has 1 amide bonds. The van der Waals surface area contributed by atoms with Gasteiger partial charge in [0.25, 0.3) is 0 Å². The van der Waals surface area contributed by atoms with Gasteiger partial charge in [0.05, 0.1) is 6.10 Å². The predicted octanol–water partition coefficient (Wildman–Crippen LogP) is 5.13. The number of carbonyl (C=O) groups is 1. The number of amides is 1. The lowest BCUT2D eigenvalue weighted by molar-refractivity contribution is -0.136. The van der Waals surface area contributed by atoms with E-state index >= 15 is 0 Å². The molecule has 3 aliphatic rings. The second kappa shape index (κ2) is 9.70. The van der Waals surface area contributed by atoms with Crippen LogP contribution in [-0.4, -0.2) is 48.5 Å². The monoisotopic (exact) mass is 418 g/mol. The molecule has 2 aliphatic carbocycles. The Balaban J connectivity index is 1.20. The van der Waals surface area contributed by atoms with E-state index in [1.165, 1.54) is 50.8 Å². The summed E-state index contributed by atoms with van der Waals surface area (Å²) < 4.78 is 6.14. The van der Waals surface area contributed by atoms with Gasteiger partial charge in [-0.15, -0.1) is 0 Å². The van der Waals surface area contributed by atoms with Crippen LogP contribution in [0.5, 0.6) is 5.75 Å². The average Bonchev–Trinajstić information content (AvgIpc) is 3.21. The van der Waals surface area contributed by atoms with Gasteiger partial charge < -0.3 is 9.64 Å². The lowest BCUT2D eigenvalue weighted by Crippen LogP contribution is -2.43. The molecule has 0 aromatic heterocycles. The van der Waals surface area contributed by atoms with Gasteiger partial charge >= 0.3 is 0 Å². The zero-order chi connectivity index (χ0) is 20.2. The molecule has 4 rings (SSSR count). The normalized spacial score (nSPS) is 25.6. The van der Waals surface area contributed by atoms with Crippen molar-refractivity contribution in [1.82, 2.24) is 9.80 Å². The molecule has 0 unspecified atom stereocenters. The van der Waals surface area contributed by atoms with E-state index in [0.29, 0.717) is 11.8 Å². The zero-order valence-electron chi connectivity index (χ0n) is 17.7. The molecule has 1 heterocycles. The van der Waals surface area contributed by atoms with Crippen molar-refractivity contribution in [2.45, 2.75) is 70.4 Å². The van der Waals surface area contributed by atoms with E-state index in [4.69, 9.17) is 16.3 Å². The molecule has 1 saturated heterocycles. The molecule has 5 heteroatoms. The molecule has 0 spiro atoms. The van der Waals surface area contributed by atoms with Crippen molar-refractivity contribution < 1.29 is 9.53 Å². The molecule has 0 radical (unpaired) electrons. The molecule has 2 saturated carbocycles. The van der Waals surface area contributed by atoms with Crippen LogP contribution in [-0.2, 0) is 11.3 Å². The average molecular weight is 419 g/mol. The zero-order valence-corrected chi connectivity index (χ0v) is 18.5. The number of ether oxygens (including phenoxy) is 1. The summed E-state index contributed by atoms with van der Waals surface area (Å²) in [6.45, 7) is 4.15. The van der Waals surface area contributed by atoms with Crippen molar-refractivity contribution in [1.29, 1.82) is 0 Å². The van der Waals surface area contributed by atoms with Gasteiger partial charge in [-0.2, -0.15) is 0 Å². The summed E-state index contributed by atoms with van der Waals surface area (Å²) in [4.78, 5) is 17.1. The van der Waals surface area contributed by atoms with Gasteiger partial charge in [0.2, 0.25) is 5.91 Å². The number of carbonyl (C=O) groups excluding carboxylic acids is 1. The lowest BCUT2D eigenvalue weighted by atomic mass is 9.81. The van der Waals surface area contributed by atoms with Gasteiger partial charge in [-0.05, 0) is 75.2 Å². The highest BCUT2D eigenvalue weighted by molar-refractivity contribution is 6.31. The van der Waals surface area contributed by atoms with Crippen molar-refractivity contribution in [3.63, 3.8) is 0 Å². The number of halogens is 1. The Hall–Kier alpha value is -1.26. The van der Waals surface area contributed by atoms with Crippen LogP contribution >= 0.6 is 11.6 Å². The van der Waals surface area contributed by atoms with Gasteiger partial charge in [-0.25, -0.2) is 0 Å². The summed E-state index contributed by atoms with van der Waals surface area (Å²) in [6.07, 6.45) is 10.8. The van der Waals surface area contributed by atoms with Crippen molar-refractivity contribution >= 4 is 17.5 Å². The van der Waals surface area contributed by atoms with E-state index < -0.39 is 0 Å². The maximum Gasteiger partial charge on any atom is 0.225 e. The molecule has 1 aliphatic heterocycles. The maximum atomic E-state index is 12.6. The Kier molecular flexibility index (Phi) is 7.02. The van der Waals surface area contributed by atoms with Crippen LogP contribution in [0.15, 0.2) is 18.2 Å². The van der Waals surface area contributed by atoms with Crippen LogP contribution in [0.4, 0.5) is 0 Å². The molecule has 1 aromatic carbocycles. The minimum absolute atomic E-state index is 0.249. The Morgan fingerprint density at radius 2 is 1.86 bits per heavy atom. The summed E-state index contributed by atoms with van der Waals surface area (Å²) in [5.41, 5.74) is 1.19. The highest BCUT2D eigenvalue weighted by Crippen LogP contribution is 2.34. The van der Waals surface area contributed by atoms with Gasteiger partial charge in [-0.1, -0.05) is 36.9 Å². The first kappa shape index (κ1) is 21.0. The molecule has 0 N–H and O–H groups in total. The molecule has 29 heavy (non-hydrogen) atoms. The van der Waals surface area contributed by atoms with Crippen LogP contribution in [0.2, 0.25) is 5.02 Å². The first-order valence-electron chi connectivity index (χ1n) is 11.5. The van der Waals surface area contributed by atoms with Gasteiger partial charge in [0, 0.05) is 31.1 Å². The number of hydrogen-bond acceptors (Lipinski definition) is 3. The number of rotatable bonds is 7. The van der Waals surface area contributed by atoms with E-state index in [2.05, 4.69) is 17.0 Å². The fourth-order valence-corrected chi connectivity index (χ4v) is 5.39. The Bertz CT molecular complexity index is 692. The Morgan fingerprint density at radius 3 is 2.55 bits per heavy atom. The molecule has 160 valence electrons. The van der Waals surface area contributed by atoms with Crippen LogP contribution in [0.3, 0.4) is 0 Å². The van der Waals surface area contributed by atoms with E-state index in [1.807, 2.05) is 18.0 Å². The Labute approximate surface area is 180 Å². The molecule has 3 fully saturated rings. The number of benzene rings is 1. The van der Waals surface area contributed by atoms with Crippen molar-refractivity contribution in [2.75, 3.05) is 26.7 Å². The lowest BCUT2D eigenvalue weighted by Gasteiger charge is -2.38. The van der Waals surface area contributed by atoms with E-state index in [1.54, 1.807) is 0 Å². The SMILES string of the molecule is CN(CC1CC(Oc2ccc(CN3CCCC3)c(Cl)c2)C1)C(=O)C1CCCCC1. The molecule has 0 bridgehead atoms. The molecule has 4 nitrogen and oxygen atoms in total. The fraction of sp³-hybridized carbons (Fsp3) is 0.708. The summed E-state index contributed by atoms with van der Waals surface area (Å²) >= 11 is 6.51. The van der Waals surface area contributed by atoms with Gasteiger partial charge in [-0.3, -0.25) is 9.69 Å². The summed E-state index contributed by atoms with van der Waals surface area (Å²) in [6, 6.07) is 6.14. The van der Waals surface area contributed by atoms with Crippen LogP contribution in [0, 0.1) is 11.8 Å². The van der Waals surface area contributed by atoms with Crippen LogP contribution < -0.4 is 4.74 Å². The highest BCUT2D eigenvalue weighted by Gasteiger charge is 2.34. The third-order valence-corrected chi connectivity index (χ3v) is 7.33. The second-order valence-corrected chi connectivity index (χ2v) is 9.77. The smallest absolute Gasteiger partial charge is 0.225 e. The van der Waals surface area contributed by atoms with E-state index in [-0.39, 0.29) is 12.0 Å². The van der Waals surface area contributed by atoms with Crippen molar-refractivity contribution in [3.8, 4) is 5.75 Å². The number of likely N-dealkylation sites (tertiary alicyclic amines) is 1. The van der Waals surface area contributed by atoms with E-state index in [0.717, 1.165) is 49.5 Å². The second-order valence-electron chi connectivity index (χ2n) is 9.37. The number of hydrogen-bond donors (Lipinski definition) is 0. The standard InChI is InChI=1S/C24H35ClN2O2/c1-26(24(28)19-7-3-2-4-8-19)16-18-13-22(14-18)29-21-10-9-20(23(25)15-21)17-27-11-5-6-12-27/h9-10,15,18-19,22H,2-8,11-14,16-17H2,1H3. The first-order chi connectivity index (χ1) is 14.1. The fourth-order valence-electron chi connectivity index (χ4n) is 5.16. The molecular formula is C24H35ClN2O2. The quantitative estimate of drug-likeness (QED) is 0.615. The summed E-state index contributed by atoms with van der Waals surface area (Å²) in [7, 11) is 1.98. The van der Waals surface area contributed by atoms with E-state index in [9.17, 15) is 4.79 Å². The third-order valence-electron chi connectivity index (χ3n) is 6.98. The highest BCUT2D eigenvalue weighted by atomic mass is 35.5. The van der Waals surface area contributed by atoms with Gasteiger partial charge in [0.1, 0.15) is 5.75 Å². The number of nitrogens with zero attached hydrogens (tertiary/aromatic N) is 2. The maximum absolute atomic E-state index is 12.6. The minimum atomic E-state index is 0.249. The van der Waals surface area contributed by atoms with Crippen molar-refractivity contribution in [2.24, 2.45) is 11.8 Å². The van der Waals surface area contributed by atoms with Crippen molar-refractivity contribution in [3.05, 3.63) is 28.8 Å². The minimum Gasteiger partial charge on any atom is -0.490 e. The summed E-state index contributed by atoms with van der Waals surface area (Å²) in [5.74, 6) is 2.05. The largest absolute Gasteiger partial charge is 0.490 e. The topological polar surface area (TPSA) is 32.8 Å². The predicted molar refractivity (Wildman–Crippen MR) is 117 cm³/mol. The van der Waals surface area contributed by atoms with Gasteiger partial charge in [0.15, 0.2) is 0 Å². The van der Waals surface area contributed by atoms with Crippen LogP contribution in [0.1, 0.15) is 63.4 Å². The third kappa shape index (κ3) is 5.46. The summed E-state index contributed by atoms with van der Waals surface area (Å²) in [5, 5.41) is 0.808. The molecule has 0 atom stereocenters. The van der Waals surface area contributed by atoms with Crippen LogP contribution in [0.25, 0.3) is 0 Å². The Morgan fingerprint density at radius 1 is 1.14 bits per heavy atom. The molecular weight excluding hydrogens is 384 g/mol. The molecule has 1 aromatic rings. The first-order valence-corrected chi connectivity index (χ1v) is 11.9.